The lowest BCUT2D eigenvalue weighted by molar-refractivity contribution is 0.0686. The van der Waals surface area contributed by atoms with Crippen LogP contribution in [-0.2, 0) is 18.1 Å². The lowest BCUT2D eigenvalue weighted by Gasteiger charge is -2.40. The molecule has 4 aromatic rings. The van der Waals surface area contributed by atoms with Gasteiger partial charge >= 0.3 is 46.3 Å². The van der Waals surface area contributed by atoms with E-state index < -0.39 is 73.3 Å². The molecule has 1 aliphatic heterocycles. The highest BCUT2D eigenvalue weighted by molar-refractivity contribution is 7.40. The third kappa shape index (κ3) is 9.55. The first kappa shape index (κ1) is 41.4. The van der Waals surface area contributed by atoms with Gasteiger partial charge < -0.3 is 69.0 Å². The fraction of sp³-hybridized carbons (Fsp3) is 0.133. The summed E-state index contributed by atoms with van der Waals surface area (Å²) in [5, 5.41) is 21.1. The largest absolute Gasteiger partial charge is 0.478 e. The number of hydrogen-bond donors (Lipinski definition) is 10. The Labute approximate surface area is 311 Å². The normalized spacial score (nSPS) is 13.1. The molecule has 54 heavy (non-hydrogen) atoms. The topological polar surface area (TPSA) is 286 Å². The number of rotatable bonds is 14. The second-order valence-corrected chi connectivity index (χ2v) is 13.7. The van der Waals surface area contributed by atoms with Gasteiger partial charge in [0.05, 0.1) is 56.6 Å². The Morgan fingerprint density at radius 2 is 0.667 bits per heavy atom. The Hall–Kier alpha value is -3.74. The summed E-state index contributed by atoms with van der Waals surface area (Å²) in [5.41, 5.74) is -0.764. The van der Waals surface area contributed by atoms with Gasteiger partial charge in [-0.1, -0.05) is 36.4 Å². The van der Waals surface area contributed by atoms with Crippen LogP contribution < -0.4 is 19.6 Å². The van der Waals surface area contributed by atoms with Gasteiger partial charge in [0.2, 0.25) is 0 Å². The summed E-state index contributed by atoms with van der Waals surface area (Å²) in [6.45, 7) is -2.81. The van der Waals surface area contributed by atoms with E-state index in [1.54, 1.807) is 12.1 Å². The third-order valence-electron chi connectivity index (χ3n) is 7.75. The molecule has 0 saturated carbocycles. The van der Waals surface area contributed by atoms with Crippen LogP contribution in [0.4, 0.5) is 45.5 Å². The van der Waals surface area contributed by atoms with Crippen molar-refractivity contribution < 1.29 is 77.0 Å². The van der Waals surface area contributed by atoms with Crippen molar-refractivity contribution in [3.63, 3.8) is 0 Å². The molecule has 0 amide bonds. The fourth-order valence-electron chi connectivity index (χ4n) is 5.74. The Balaban J connectivity index is 2.02. The zero-order valence-electron chi connectivity index (χ0n) is 27.4. The van der Waals surface area contributed by atoms with Crippen LogP contribution >= 0.6 is 34.4 Å². The van der Waals surface area contributed by atoms with E-state index in [1.165, 1.54) is 92.4 Å². The molecular weight excluding hydrogens is 796 g/mol. The van der Waals surface area contributed by atoms with Crippen molar-refractivity contribution in [2.75, 3.05) is 46.5 Å². The summed E-state index contributed by atoms with van der Waals surface area (Å²) < 4.78 is 21.2. The number of aromatic carboxylic acids is 2. The molecule has 1 aliphatic rings. The van der Waals surface area contributed by atoms with Crippen molar-refractivity contribution in [3.8, 4) is 0 Å². The van der Waals surface area contributed by atoms with Crippen molar-refractivity contribution in [1.29, 1.82) is 0 Å². The third-order valence-corrected chi connectivity index (χ3v) is 9.13. The standard InChI is InChI=1S/C30H32N4O16P4/c35-29(36)19-7-5-13-25-27(19)33(17-49-53(43)44)23-11-3-4-12-24(23)34(18-50-54(45)46)28-20(30(37)38)8-6-14-26(28)32(16-48-52(41)42)22-10-2-1-9-21(22)31(25)15-47-51(39)40/h1-14,39-46H,15-18H2,(H,35,36)(H,37,38). The van der Waals surface area contributed by atoms with E-state index >= 15 is 0 Å². The number of carboxylic acid groups (broad SMARTS) is 2. The number of hydrogen-bond acceptors (Lipinski definition) is 18. The van der Waals surface area contributed by atoms with E-state index in [0.29, 0.717) is 0 Å². The number of benzene rings is 4. The summed E-state index contributed by atoms with van der Waals surface area (Å²) >= 11 is 0. The molecule has 5 rings (SSSR count). The molecule has 1 heterocycles. The minimum Gasteiger partial charge on any atom is -0.478 e. The van der Waals surface area contributed by atoms with Crippen LogP contribution in [0.25, 0.3) is 0 Å². The zero-order valence-corrected chi connectivity index (χ0v) is 31.0. The highest BCUT2D eigenvalue weighted by Gasteiger charge is 2.34. The van der Waals surface area contributed by atoms with Crippen LogP contribution in [0.15, 0.2) is 84.9 Å². The molecule has 0 aromatic heterocycles. The van der Waals surface area contributed by atoms with E-state index in [-0.39, 0.29) is 56.6 Å². The van der Waals surface area contributed by atoms with Gasteiger partial charge in [0, 0.05) is 0 Å². The van der Waals surface area contributed by atoms with Crippen LogP contribution in [0.1, 0.15) is 20.7 Å². The lowest BCUT2D eigenvalue weighted by atomic mass is 10.0. The molecule has 0 radical (unpaired) electrons. The lowest BCUT2D eigenvalue weighted by Crippen LogP contribution is -2.33. The molecule has 0 spiro atoms. The smallest absolute Gasteiger partial charge is 0.337 e. The second-order valence-electron chi connectivity index (χ2n) is 10.7. The van der Waals surface area contributed by atoms with E-state index in [2.05, 4.69) is 0 Å². The van der Waals surface area contributed by atoms with E-state index in [4.69, 9.17) is 18.1 Å². The molecule has 4 aromatic carbocycles. The fourth-order valence-corrected chi connectivity index (χ4v) is 6.61. The van der Waals surface area contributed by atoms with Gasteiger partial charge in [-0.05, 0) is 48.5 Å². The van der Waals surface area contributed by atoms with Crippen molar-refractivity contribution >= 4 is 91.8 Å². The monoisotopic (exact) mass is 828 g/mol. The van der Waals surface area contributed by atoms with Gasteiger partial charge in [-0.15, -0.1) is 0 Å². The second kappa shape index (κ2) is 18.7. The summed E-state index contributed by atoms with van der Waals surface area (Å²) in [4.78, 5) is 110. The first-order valence-electron chi connectivity index (χ1n) is 15.0. The molecule has 288 valence electrons. The number of carbonyl (C=O) groups is 2. The summed E-state index contributed by atoms with van der Waals surface area (Å²) in [5.74, 6) is -2.92. The minimum absolute atomic E-state index is 0.0161. The predicted molar refractivity (Wildman–Crippen MR) is 197 cm³/mol. The van der Waals surface area contributed by atoms with Crippen molar-refractivity contribution in [3.05, 3.63) is 96.1 Å². The molecular formula is C30H32N4O16P4. The number of anilines is 8. The maximum atomic E-state index is 13.0. The van der Waals surface area contributed by atoms with Crippen LogP contribution in [0, 0.1) is 0 Å². The van der Waals surface area contributed by atoms with Crippen molar-refractivity contribution in [2.24, 2.45) is 0 Å². The first-order valence-corrected chi connectivity index (χ1v) is 19.7. The van der Waals surface area contributed by atoms with Gasteiger partial charge in [-0.2, -0.15) is 0 Å². The molecule has 0 fully saturated rings. The highest BCUT2D eigenvalue weighted by Crippen LogP contribution is 2.52. The predicted octanol–water partition coefficient (Wildman–Crippen LogP) is 4.69. The molecule has 0 aliphatic carbocycles. The molecule has 0 unspecified atom stereocenters. The highest BCUT2D eigenvalue weighted by atomic mass is 31.2. The molecule has 10 N–H and O–H groups in total. The van der Waals surface area contributed by atoms with Crippen LogP contribution in [0.5, 0.6) is 0 Å². The Kier molecular flexibility index (Phi) is 14.4. The first-order chi connectivity index (χ1) is 25.8. The number of fused-ring (bicyclic) bond motifs is 4. The van der Waals surface area contributed by atoms with E-state index in [1.807, 2.05) is 0 Å². The van der Waals surface area contributed by atoms with Gasteiger partial charge in [-0.3, -0.25) is 18.1 Å². The molecule has 0 atom stereocenters. The summed E-state index contributed by atoms with van der Waals surface area (Å²) in [6, 6.07) is 20.4. The maximum Gasteiger partial charge on any atom is 0.337 e. The van der Waals surface area contributed by atoms with E-state index in [0.717, 1.165) is 0 Å². The Morgan fingerprint density at radius 3 is 0.944 bits per heavy atom. The number of carboxylic acids is 2. The number of para-hydroxylation sites is 6. The molecule has 20 nitrogen and oxygen atoms in total. The van der Waals surface area contributed by atoms with Crippen molar-refractivity contribution in [1.82, 2.24) is 0 Å². The van der Waals surface area contributed by atoms with Crippen molar-refractivity contribution in [2.45, 2.75) is 0 Å². The summed E-state index contributed by atoms with van der Waals surface area (Å²) in [7, 11) is -12.2. The van der Waals surface area contributed by atoms with Gasteiger partial charge in [0.1, 0.15) is 26.9 Å². The minimum atomic E-state index is -3.06. The van der Waals surface area contributed by atoms with Gasteiger partial charge in [0.25, 0.3) is 0 Å². The average Bonchev–Trinajstić information content (AvgIpc) is 3.12. The Morgan fingerprint density at radius 1 is 0.407 bits per heavy atom. The SMILES string of the molecule is O=C(O)c1cccc2c1N(COP(O)O)c1ccccc1N(COP(O)O)c1c(C(=O)O)cccc1N(COP(O)O)c1ccccc1N2COP(O)O. The average molecular weight is 828 g/mol. The zero-order chi connectivity index (χ0) is 39.1. The van der Waals surface area contributed by atoms with Gasteiger partial charge in [0.15, 0.2) is 0 Å². The molecule has 0 saturated heterocycles. The summed E-state index contributed by atoms with van der Waals surface area (Å²) in [6.07, 6.45) is 0. The molecule has 0 bridgehead atoms. The Bertz CT molecular complexity index is 1810. The van der Waals surface area contributed by atoms with Crippen LogP contribution in [-0.4, -0.2) is 88.2 Å². The quantitative estimate of drug-likeness (QED) is 0.0771. The van der Waals surface area contributed by atoms with Gasteiger partial charge in [-0.25, -0.2) is 9.59 Å². The van der Waals surface area contributed by atoms with E-state index in [9.17, 15) is 58.9 Å². The number of nitrogens with zero attached hydrogens (tertiary/aromatic N) is 4. The van der Waals surface area contributed by atoms with Crippen LogP contribution in [0.2, 0.25) is 0 Å². The maximum absolute atomic E-state index is 13.0. The van der Waals surface area contributed by atoms with Crippen LogP contribution in [0.3, 0.4) is 0 Å². The molecule has 24 heteroatoms.